The molecule has 4 nitrogen and oxygen atoms in total. The summed E-state index contributed by atoms with van der Waals surface area (Å²) in [7, 11) is 0. The lowest BCUT2D eigenvalue weighted by atomic mass is 10.00. The van der Waals surface area contributed by atoms with Gasteiger partial charge in [0.05, 0.1) is 12.4 Å². The van der Waals surface area contributed by atoms with Crippen LogP contribution in [0.15, 0.2) is 30.6 Å². The van der Waals surface area contributed by atoms with Crippen molar-refractivity contribution in [2.45, 2.75) is 26.7 Å². The Morgan fingerprint density at radius 1 is 1.30 bits per heavy atom. The van der Waals surface area contributed by atoms with Crippen LogP contribution in [0.5, 0.6) is 0 Å². The quantitative estimate of drug-likeness (QED) is 0.927. The Hall–Kier alpha value is -2.10. The summed E-state index contributed by atoms with van der Waals surface area (Å²) in [4.78, 5) is 11.2. The summed E-state index contributed by atoms with van der Waals surface area (Å²) in [5.74, 6) is 1.76. The molecular formula is C16H20N4. The highest BCUT2D eigenvalue weighted by molar-refractivity contribution is 5.66. The van der Waals surface area contributed by atoms with Crippen LogP contribution < -0.4 is 10.2 Å². The maximum Gasteiger partial charge on any atom is 0.153 e. The number of nitrogens with zero attached hydrogens (tertiary/aromatic N) is 3. The highest BCUT2D eigenvalue weighted by atomic mass is 15.2. The Morgan fingerprint density at radius 2 is 2.20 bits per heavy atom. The molecule has 0 unspecified atom stereocenters. The van der Waals surface area contributed by atoms with Crippen LogP contribution >= 0.6 is 0 Å². The summed E-state index contributed by atoms with van der Waals surface area (Å²) in [5.41, 5.74) is 4.00. The zero-order chi connectivity index (χ0) is 13.9. The summed E-state index contributed by atoms with van der Waals surface area (Å²) >= 11 is 0. The van der Waals surface area contributed by atoms with Crippen LogP contribution in [0.25, 0.3) is 0 Å². The molecule has 4 heteroatoms. The molecule has 1 N–H and O–H groups in total. The van der Waals surface area contributed by atoms with Crippen molar-refractivity contribution in [3.8, 4) is 0 Å². The van der Waals surface area contributed by atoms with Crippen molar-refractivity contribution in [3.63, 3.8) is 0 Å². The minimum absolute atomic E-state index is 0.837. The number of benzene rings is 1. The Balaban J connectivity index is 1.98. The van der Waals surface area contributed by atoms with Gasteiger partial charge in [0, 0.05) is 18.8 Å². The van der Waals surface area contributed by atoms with Crippen molar-refractivity contribution in [2.24, 2.45) is 0 Å². The standard InChI is InChI=1S/C16H20N4/c1-3-18-15-10-17-11-16(19-15)20-8-4-5-13-9-12(2)6-7-14(13)20/h6-7,9-11H,3-5,8H2,1-2H3,(H,18,19). The third-order valence-corrected chi connectivity index (χ3v) is 3.61. The third kappa shape index (κ3) is 2.46. The van der Waals surface area contributed by atoms with Crippen LogP contribution in [0.3, 0.4) is 0 Å². The Morgan fingerprint density at radius 3 is 3.05 bits per heavy atom. The van der Waals surface area contributed by atoms with E-state index in [1.807, 2.05) is 6.20 Å². The van der Waals surface area contributed by atoms with Crippen molar-refractivity contribution in [1.29, 1.82) is 0 Å². The molecule has 1 aliphatic heterocycles. The predicted octanol–water partition coefficient (Wildman–Crippen LogP) is 3.30. The van der Waals surface area contributed by atoms with E-state index in [0.29, 0.717) is 0 Å². The maximum absolute atomic E-state index is 4.66. The second-order valence-corrected chi connectivity index (χ2v) is 5.18. The van der Waals surface area contributed by atoms with Crippen LogP contribution in [0.2, 0.25) is 0 Å². The van der Waals surface area contributed by atoms with Gasteiger partial charge in [-0.15, -0.1) is 0 Å². The fraction of sp³-hybridized carbons (Fsp3) is 0.375. The zero-order valence-electron chi connectivity index (χ0n) is 12.1. The summed E-state index contributed by atoms with van der Waals surface area (Å²) < 4.78 is 0. The first-order valence-electron chi connectivity index (χ1n) is 7.21. The Labute approximate surface area is 119 Å². The van der Waals surface area contributed by atoms with Gasteiger partial charge in [-0.3, -0.25) is 4.98 Å². The minimum atomic E-state index is 0.837. The molecular weight excluding hydrogens is 248 g/mol. The van der Waals surface area contributed by atoms with Gasteiger partial charge in [-0.05, 0) is 38.3 Å². The Kier molecular flexibility index (Phi) is 3.54. The van der Waals surface area contributed by atoms with Crippen LogP contribution in [-0.2, 0) is 6.42 Å². The van der Waals surface area contributed by atoms with Crippen molar-refractivity contribution >= 4 is 17.3 Å². The number of aryl methyl sites for hydroxylation is 2. The monoisotopic (exact) mass is 268 g/mol. The lowest BCUT2D eigenvalue weighted by Crippen LogP contribution is -2.25. The molecule has 0 amide bonds. The highest BCUT2D eigenvalue weighted by Gasteiger charge is 2.19. The van der Waals surface area contributed by atoms with E-state index in [0.717, 1.165) is 37.6 Å². The number of fused-ring (bicyclic) bond motifs is 1. The topological polar surface area (TPSA) is 41.1 Å². The summed E-state index contributed by atoms with van der Waals surface area (Å²) in [6, 6.07) is 6.65. The summed E-state index contributed by atoms with van der Waals surface area (Å²) in [6.07, 6.45) is 5.92. The number of hydrogen-bond acceptors (Lipinski definition) is 4. The van der Waals surface area contributed by atoms with Crippen LogP contribution in [0.4, 0.5) is 17.3 Å². The van der Waals surface area contributed by atoms with Gasteiger partial charge < -0.3 is 10.2 Å². The van der Waals surface area contributed by atoms with E-state index in [9.17, 15) is 0 Å². The first-order valence-corrected chi connectivity index (χ1v) is 7.21. The molecule has 0 fully saturated rings. The number of anilines is 3. The predicted molar refractivity (Wildman–Crippen MR) is 82.7 cm³/mol. The molecule has 0 spiro atoms. The van der Waals surface area contributed by atoms with Crippen LogP contribution in [0.1, 0.15) is 24.5 Å². The van der Waals surface area contributed by atoms with Gasteiger partial charge in [0.2, 0.25) is 0 Å². The average Bonchev–Trinajstić information content (AvgIpc) is 2.47. The molecule has 1 aliphatic rings. The second-order valence-electron chi connectivity index (χ2n) is 5.18. The molecule has 2 aromatic rings. The number of rotatable bonds is 3. The lowest BCUT2D eigenvalue weighted by Gasteiger charge is -2.30. The molecule has 2 heterocycles. The minimum Gasteiger partial charge on any atom is -0.369 e. The van der Waals surface area contributed by atoms with Gasteiger partial charge in [-0.2, -0.15) is 0 Å². The first-order chi connectivity index (χ1) is 9.78. The maximum atomic E-state index is 4.66. The normalized spacial score (nSPS) is 14.0. The molecule has 1 aromatic carbocycles. The third-order valence-electron chi connectivity index (χ3n) is 3.61. The number of aromatic nitrogens is 2. The molecule has 1 aromatic heterocycles. The second kappa shape index (κ2) is 5.49. The van der Waals surface area contributed by atoms with Gasteiger partial charge in [-0.1, -0.05) is 17.7 Å². The van der Waals surface area contributed by atoms with Crippen molar-refractivity contribution < 1.29 is 0 Å². The van der Waals surface area contributed by atoms with Crippen molar-refractivity contribution in [1.82, 2.24) is 9.97 Å². The molecule has 20 heavy (non-hydrogen) atoms. The smallest absolute Gasteiger partial charge is 0.153 e. The van der Waals surface area contributed by atoms with Gasteiger partial charge in [0.1, 0.15) is 5.82 Å². The largest absolute Gasteiger partial charge is 0.369 e. The summed E-state index contributed by atoms with van der Waals surface area (Å²) in [6.45, 7) is 6.06. The van der Waals surface area contributed by atoms with E-state index in [4.69, 9.17) is 0 Å². The number of nitrogens with one attached hydrogen (secondary N) is 1. The zero-order valence-corrected chi connectivity index (χ0v) is 12.1. The molecule has 0 radical (unpaired) electrons. The van der Waals surface area contributed by atoms with E-state index in [1.54, 1.807) is 6.20 Å². The van der Waals surface area contributed by atoms with Crippen molar-refractivity contribution in [3.05, 3.63) is 41.7 Å². The van der Waals surface area contributed by atoms with E-state index < -0.39 is 0 Å². The SMILES string of the molecule is CCNc1cncc(N2CCCc3cc(C)ccc32)n1. The van der Waals surface area contributed by atoms with E-state index in [-0.39, 0.29) is 0 Å². The fourth-order valence-electron chi connectivity index (χ4n) is 2.72. The van der Waals surface area contributed by atoms with Gasteiger partial charge in [0.25, 0.3) is 0 Å². The van der Waals surface area contributed by atoms with Crippen LogP contribution in [0, 0.1) is 6.92 Å². The molecule has 0 saturated carbocycles. The molecule has 0 saturated heterocycles. The van der Waals surface area contributed by atoms with E-state index in [2.05, 4.69) is 52.2 Å². The number of hydrogen-bond donors (Lipinski definition) is 1. The highest BCUT2D eigenvalue weighted by Crippen LogP contribution is 2.32. The van der Waals surface area contributed by atoms with Gasteiger partial charge in [-0.25, -0.2) is 4.98 Å². The van der Waals surface area contributed by atoms with Crippen LogP contribution in [-0.4, -0.2) is 23.1 Å². The van der Waals surface area contributed by atoms with Gasteiger partial charge >= 0.3 is 0 Å². The fourth-order valence-corrected chi connectivity index (χ4v) is 2.72. The van der Waals surface area contributed by atoms with E-state index in [1.165, 1.54) is 16.8 Å². The average molecular weight is 268 g/mol. The van der Waals surface area contributed by atoms with E-state index >= 15 is 0 Å². The van der Waals surface area contributed by atoms with Crippen molar-refractivity contribution in [2.75, 3.05) is 23.3 Å². The molecule has 0 atom stereocenters. The molecule has 0 aliphatic carbocycles. The molecule has 3 rings (SSSR count). The van der Waals surface area contributed by atoms with Gasteiger partial charge in [0.15, 0.2) is 5.82 Å². The lowest BCUT2D eigenvalue weighted by molar-refractivity contribution is 0.757. The molecule has 104 valence electrons. The Bertz CT molecular complexity index is 609. The first kappa shape index (κ1) is 12.9. The molecule has 0 bridgehead atoms. The summed E-state index contributed by atoms with van der Waals surface area (Å²) in [5, 5.41) is 3.22.